The Bertz CT molecular complexity index is 755. The number of hydrogen-bond donors (Lipinski definition) is 2. The first kappa shape index (κ1) is 14.3. The lowest BCUT2D eigenvalue weighted by molar-refractivity contribution is 0.600. The molecule has 3 N–H and O–H groups in total. The van der Waals surface area contributed by atoms with Crippen LogP contribution in [0.1, 0.15) is 16.7 Å². The van der Waals surface area contributed by atoms with Crippen molar-refractivity contribution in [3.63, 3.8) is 0 Å². The van der Waals surface area contributed by atoms with Crippen molar-refractivity contribution in [2.24, 2.45) is 0 Å². The van der Waals surface area contributed by atoms with Crippen molar-refractivity contribution < 1.29 is 8.42 Å². The van der Waals surface area contributed by atoms with Crippen LogP contribution in [-0.2, 0) is 10.0 Å². The Morgan fingerprint density at radius 2 is 1.85 bits per heavy atom. The van der Waals surface area contributed by atoms with Gasteiger partial charge in [0.2, 0.25) is 0 Å². The summed E-state index contributed by atoms with van der Waals surface area (Å²) in [6.07, 6.45) is 1.56. The number of nitrogens with zero attached hydrogens (tertiary/aromatic N) is 1. The van der Waals surface area contributed by atoms with E-state index in [0.717, 1.165) is 5.56 Å². The molecule has 0 saturated heterocycles. The number of aryl methyl sites for hydroxylation is 2. The quantitative estimate of drug-likeness (QED) is 0.850. The molecule has 0 aliphatic heterocycles. The van der Waals surface area contributed by atoms with Crippen molar-refractivity contribution in [1.29, 1.82) is 0 Å². The van der Waals surface area contributed by atoms with Crippen molar-refractivity contribution in [3.8, 4) is 0 Å². The minimum Gasteiger partial charge on any atom is -0.398 e. The monoisotopic (exact) mass is 291 g/mol. The lowest BCUT2D eigenvalue weighted by atomic mass is 10.1. The molecule has 0 fully saturated rings. The Morgan fingerprint density at radius 3 is 2.50 bits per heavy atom. The zero-order valence-electron chi connectivity index (χ0n) is 11.6. The number of benzene rings is 1. The predicted molar refractivity (Wildman–Crippen MR) is 80.1 cm³/mol. The summed E-state index contributed by atoms with van der Waals surface area (Å²) in [5, 5.41) is 0. The standard InChI is InChI=1S/C14H17N3O2S/c1-9-6-7-16-13(8-9)17-20(18,19)14-10(2)4-5-12(15)11(14)3/h4-8H,15H2,1-3H3,(H,16,17). The highest BCUT2D eigenvalue weighted by Gasteiger charge is 2.21. The average molecular weight is 291 g/mol. The number of anilines is 2. The number of nitrogens with two attached hydrogens (primary N) is 1. The Labute approximate surface area is 118 Å². The molecule has 2 rings (SSSR count). The van der Waals surface area contributed by atoms with Gasteiger partial charge in [-0.05, 0) is 55.7 Å². The van der Waals surface area contributed by atoms with Crippen molar-refractivity contribution in [2.75, 3.05) is 10.5 Å². The molecule has 20 heavy (non-hydrogen) atoms. The lowest BCUT2D eigenvalue weighted by Gasteiger charge is -2.14. The molecule has 0 radical (unpaired) electrons. The highest BCUT2D eigenvalue weighted by atomic mass is 32.2. The van der Waals surface area contributed by atoms with E-state index in [4.69, 9.17) is 5.73 Å². The third kappa shape index (κ3) is 2.75. The summed E-state index contributed by atoms with van der Waals surface area (Å²) in [7, 11) is -3.71. The predicted octanol–water partition coefficient (Wildman–Crippen LogP) is 2.39. The van der Waals surface area contributed by atoms with Crippen LogP contribution in [0.3, 0.4) is 0 Å². The molecule has 0 bridgehead atoms. The van der Waals surface area contributed by atoms with Crippen LogP contribution in [0, 0.1) is 20.8 Å². The summed E-state index contributed by atoms with van der Waals surface area (Å²) in [6, 6.07) is 6.87. The van der Waals surface area contributed by atoms with Crippen LogP contribution in [0.2, 0.25) is 0 Å². The molecule has 106 valence electrons. The fourth-order valence-electron chi connectivity index (χ4n) is 2.04. The molecule has 1 aromatic heterocycles. The molecule has 1 aromatic carbocycles. The summed E-state index contributed by atoms with van der Waals surface area (Å²) in [6.45, 7) is 5.31. The van der Waals surface area contributed by atoms with Crippen LogP contribution in [0.5, 0.6) is 0 Å². The second-order valence-electron chi connectivity index (χ2n) is 4.75. The van der Waals surface area contributed by atoms with Gasteiger partial charge in [-0.15, -0.1) is 0 Å². The first-order valence-corrected chi connectivity index (χ1v) is 7.61. The van der Waals surface area contributed by atoms with Gasteiger partial charge >= 0.3 is 0 Å². The Kier molecular flexibility index (Phi) is 3.67. The first-order valence-electron chi connectivity index (χ1n) is 6.12. The van der Waals surface area contributed by atoms with Gasteiger partial charge < -0.3 is 5.73 Å². The molecule has 2 aromatic rings. The van der Waals surface area contributed by atoms with E-state index >= 15 is 0 Å². The minimum absolute atomic E-state index is 0.209. The van der Waals surface area contributed by atoms with Gasteiger partial charge in [0.25, 0.3) is 10.0 Å². The Morgan fingerprint density at radius 1 is 1.15 bits per heavy atom. The van der Waals surface area contributed by atoms with Gasteiger partial charge in [0.15, 0.2) is 0 Å². The molecular weight excluding hydrogens is 274 g/mol. The Balaban J connectivity index is 2.49. The fraction of sp³-hybridized carbons (Fsp3) is 0.214. The maximum Gasteiger partial charge on any atom is 0.263 e. The normalized spacial score (nSPS) is 11.3. The van der Waals surface area contributed by atoms with E-state index in [9.17, 15) is 8.42 Å². The van der Waals surface area contributed by atoms with Crippen LogP contribution in [-0.4, -0.2) is 13.4 Å². The smallest absolute Gasteiger partial charge is 0.263 e. The number of sulfonamides is 1. The number of rotatable bonds is 3. The zero-order chi connectivity index (χ0) is 14.9. The van der Waals surface area contributed by atoms with E-state index in [2.05, 4.69) is 9.71 Å². The summed E-state index contributed by atoms with van der Waals surface area (Å²) in [4.78, 5) is 4.22. The number of hydrogen-bond acceptors (Lipinski definition) is 4. The van der Waals surface area contributed by atoms with E-state index in [0.29, 0.717) is 22.6 Å². The van der Waals surface area contributed by atoms with Crippen LogP contribution in [0.25, 0.3) is 0 Å². The highest BCUT2D eigenvalue weighted by molar-refractivity contribution is 7.92. The van der Waals surface area contributed by atoms with E-state index < -0.39 is 10.0 Å². The molecule has 0 amide bonds. The summed E-state index contributed by atoms with van der Waals surface area (Å²) in [5.74, 6) is 0.297. The third-order valence-corrected chi connectivity index (χ3v) is 4.71. The molecule has 1 heterocycles. The van der Waals surface area contributed by atoms with Crippen molar-refractivity contribution in [3.05, 3.63) is 47.2 Å². The molecule has 0 aliphatic rings. The molecule has 6 heteroatoms. The van der Waals surface area contributed by atoms with E-state index in [1.807, 2.05) is 6.92 Å². The zero-order valence-corrected chi connectivity index (χ0v) is 12.5. The molecule has 0 atom stereocenters. The highest BCUT2D eigenvalue weighted by Crippen LogP contribution is 2.26. The largest absolute Gasteiger partial charge is 0.398 e. The Hall–Kier alpha value is -2.08. The number of nitrogen functional groups attached to an aromatic ring is 1. The van der Waals surface area contributed by atoms with Crippen LogP contribution < -0.4 is 10.5 Å². The molecule has 0 aliphatic carbocycles. The first-order chi connectivity index (χ1) is 9.31. The maximum absolute atomic E-state index is 12.5. The lowest BCUT2D eigenvalue weighted by Crippen LogP contribution is -2.17. The van der Waals surface area contributed by atoms with Crippen LogP contribution >= 0.6 is 0 Å². The number of aromatic nitrogens is 1. The van der Waals surface area contributed by atoms with E-state index in [1.165, 1.54) is 0 Å². The molecular formula is C14H17N3O2S. The molecule has 5 nitrogen and oxygen atoms in total. The van der Waals surface area contributed by atoms with E-state index in [-0.39, 0.29) is 4.90 Å². The summed E-state index contributed by atoms with van der Waals surface area (Å²) in [5.41, 5.74) is 8.37. The van der Waals surface area contributed by atoms with Crippen LogP contribution in [0.4, 0.5) is 11.5 Å². The topological polar surface area (TPSA) is 85.1 Å². The van der Waals surface area contributed by atoms with Gasteiger partial charge in [-0.25, -0.2) is 13.4 Å². The van der Waals surface area contributed by atoms with Gasteiger partial charge in [-0.3, -0.25) is 4.72 Å². The van der Waals surface area contributed by atoms with E-state index in [1.54, 1.807) is 44.3 Å². The van der Waals surface area contributed by atoms with Crippen molar-refractivity contribution in [2.45, 2.75) is 25.7 Å². The molecule has 0 saturated carbocycles. The fourth-order valence-corrected chi connectivity index (χ4v) is 3.54. The molecule has 0 spiro atoms. The second kappa shape index (κ2) is 5.13. The van der Waals surface area contributed by atoms with Crippen LogP contribution in [0.15, 0.2) is 35.4 Å². The van der Waals surface area contributed by atoms with Gasteiger partial charge in [-0.2, -0.15) is 0 Å². The van der Waals surface area contributed by atoms with Crippen molar-refractivity contribution in [1.82, 2.24) is 4.98 Å². The SMILES string of the molecule is Cc1ccnc(NS(=O)(=O)c2c(C)ccc(N)c2C)c1. The summed E-state index contributed by atoms with van der Waals surface area (Å²) >= 11 is 0. The second-order valence-corrected chi connectivity index (χ2v) is 6.37. The van der Waals surface area contributed by atoms with Gasteiger partial charge in [0.1, 0.15) is 5.82 Å². The van der Waals surface area contributed by atoms with Gasteiger partial charge in [0.05, 0.1) is 4.90 Å². The summed E-state index contributed by atoms with van der Waals surface area (Å²) < 4.78 is 27.5. The molecule has 0 unspecified atom stereocenters. The minimum atomic E-state index is -3.71. The van der Waals surface area contributed by atoms with Gasteiger partial charge in [-0.1, -0.05) is 6.07 Å². The average Bonchev–Trinajstić information content (AvgIpc) is 2.33. The van der Waals surface area contributed by atoms with Gasteiger partial charge in [0, 0.05) is 11.9 Å². The third-order valence-electron chi connectivity index (χ3n) is 3.07. The van der Waals surface area contributed by atoms with Crippen molar-refractivity contribution >= 4 is 21.5 Å². The number of pyridine rings is 1. The number of nitrogens with one attached hydrogen (secondary N) is 1. The maximum atomic E-state index is 12.5.